The highest BCUT2D eigenvalue weighted by molar-refractivity contribution is 7.17. The third-order valence-electron chi connectivity index (χ3n) is 4.27. The maximum Gasteiger partial charge on any atom is 0.331 e. The second-order valence-corrected chi connectivity index (χ2v) is 6.77. The van der Waals surface area contributed by atoms with E-state index in [9.17, 15) is 14.4 Å². The highest BCUT2D eigenvalue weighted by Gasteiger charge is 2.54. The summed E-state index contributed by atoms with van der Waals surface area (Å²) in [5.41, 5.74) is -0.645. The van der Waals surface area contributed by atoms with Gasteiger partial charge in [-0.2, -0.15) is 0 Å². The Morgan fingerprint density at radius 2 is 2.08 bits per heavy atom. The van der Waals surface area contributed by atoms with Crippen LogP contribution in [0.3, 0.4) is 0 Å². The second-order valence-electron chi connectivity index (χ2n) is 5.86. The van der Waals surface area contributed by atoms with E-state index in [0.29, 0.717) is 10.2 Å². The fraction of sp³-hybridized carbons (Fsp3) is 0.533. The molecule has 0 saturated carbocycles. The predicted molar refractivity (Wildman–Crippen MR) is 87.8 cm³/mol. The quantitative estimate of drug-likeness (QED) is 0.728. The first kappa shape index (κ1) is 17.4. The van der Waals surface area contributed by atoms with Crippen molar-refractivity contribution in [2.75, 3.05) is 13.7 Å². The number of esters is 1. The molecule has 0 aromatic carbocycles. The Morgan fingerprint density at radius 3 is 2.81 bits per heavy atom. The van der Waals surface area contributed by atoms with Gasteiger partial charge >= 0.3 is 11.7 Å². The van der Waals surface area contributed by atoms with Crippen molar-refractivity contribution in [3.8, 4) is 0 Å². The molecule has 26 heavy (non-hydrogen) atoms. The van der Waals surface area contributed by atoms with E-state index in [2.05, 4.69) is 4.98 Å². The van der Waals surface area contributed by atoms with Crippen molar-refractivity contribution in [1.29, 1.82) is 0 Å². The molecule has 2 aliphatic rings. The van der Waals surface area contributed by atoms with Gasteiger partial charge in [0, 0.05) is 14.0 Å². The Kier molecular flexibility index (Phi) is 4.40. The number of H-pyrrole nitrogens is 1. The smallest absolute Gasteiger partial charge is 0.331 e. The number of methoxy groups -OCH3 is 1. The fourth-order valence-corrected chi connectivity index (χ4v) is 3.98. The normalized spacial score (nSPS) is 30.6. The third kappa shape index (κ3) is 2.77. The molecule has 0 amide bonds. The van der Waals surface area contributed by atoms with Crippen LogP contribution in [0, 0.1) is 0 Å². The molecular weight excluding hydrogens is 368 g/mol. The molecule has 2 fully saturated rings. The first-order valence-corrected chi connectivity index (χ1v) is 8.72. The number of carbonyl (C=O) groups is 1. The van der Waals surface area contributed by atoms with Crippen LogP contribution in [0.1, 0.15) is 13.2 Å². The van der Waals surface area contributed by atoms with E-state index in [4.69, 9.17) is 23.7 Å². The van der Waals surface area contributed by atoms with Gasteiger partial charge in [0.15, 0.2) is 6.23 Å². The number of hydrogen-bond acceptors (Lipinski definition) is 9. The van der Waals surface area contributed by atoms with Crippen molar-refractivity contribution in [3.05, 3.63) is 32.3 Å². The first-order chi connectivity index (χ1) is 12.5. The van der Waals surface area contributed by atoms with Crippen LogP contribution in [0.4, 0.5) is 0 Å². The van der Waals surface area contributed by atoms with Crippen molar-refractivity contribution < 1.29 is 28.5 Å². The number of aromatic nitrogens is 2. The summed E-state index contributed by atoms with van der Waals surface area (Å²) >= 11 is 1.22. The summed E-state index contributed by atoms with van der Waals surface area (Å²) in [5, 5.41) is 1.71. The van der Waals surface area contributed by atoms with Gasteiger partial charge in [-0.05, 0) is 11.4 Å². The van der Waals surface area contributed by atoms with Crippen molar-refractivity contribution in [2.45, 2.75) is 37.9 Å². The highest BCUT2D eigenvalue weighted by Crippen LogP contribution is 2.40. The monoisotopic (exact) mass is 384 g/mol. The minimum Gasteiger partial charge on any atom is -0.463 e. The zero-order valence-electron chi connectivity index (χ0n) is 13.9. The summed E-state index contributed by atoms with van der Waals surface area (Å²) in [6, 6.07) is 1.66. The molecule has 2 aliphatic heterocycles. The Labute approximate surface area is 150 Å². The van der Waals surface area contributed by atoms with Crippen LogP contribution in [-0.2, 0) is 28.5 Å². The van der Waals surface area contributed by atoms with E-state index in [1.807, 2.05) is 0 Å². The largest absolute Gasteiger partial charge is 0.463 e. The molecule has 140 valence electrons. The van der Waals surface area contributed by atoms with Crippen LogP contribution in [0.5, 0.6) is 0 Å². The highest BCUT2D eigenvalue weighted by atomic mass is 32.1. The molecule has 4 rings (SSSR count). The predicted octanol–water partition coefficient (Wildman–Crippen LogP) is -0.0742. The SMILES string of the molecule is COC1O[C@@H]2[C@H](O1)[C@@H](COC(C)=O)O[C@H]2n1c(=O)[nH]c(=O)c2sccc21. The molecule has 4 heterocycles. The average molecular weight is 384 g/mol. The van der Waals surface area contributed by atoms with Crippen LogP contribution in [0.25, 0.3) is 10.2 Å². The third-order valence-corrected chi connectivity index (χ3v) is 5.17. The van der Waals surface area contributed by atoms with Crippen LogP contribution in [0.15, 0.2) is 21.0 Å². The summed E-state index contributed by atoms with van der Waals surface area (Å²) in [4.78, 5) is 37.8. The Morgan fingerprint density at radius 1 is 1.31 bits per heavy atom. The average Bonchev–Trinajstić information content (AvgIpc) is 3.28. The second kappa shape index (κ2) is 6.59. The number of nitrogens with zero attached hydrogens (tertiary/aromatic N) is 1. The molecule has 0 aliphatic carbocycles. The van der Waals surface area contributed by atoms with Gasteiger partial charge in [-0.15, -0.1) is 11.3 Å². The van der Waals surface area contributed by atoms with Gasteiger partial charge in [-0.1, -0.05) is 0 Å². The lowest BCUT2D eigenvalue weighted by atomic mass is 10.1. The van der Waals surface area contributed by atoms with E-state index in [1.165, 1.54) is 29.9 Å². The molecule has 2 saturated heterocycles. The molecule has 1 N–H and O–H groups in total. The number of ether oxygens (including phenoxy) is 5. The summed E-state index contributed by atoms with van der Waals surface area (Å²) in [6.07, 6.45) is -2.80. The van der Waals surface area contributed by atoms with Crippen LogP contribution < -0.4 is 11.2 Å². The van der Waals surface area contributed by atoms with Gasteiger partial charge in [0.05, 0.1) is 5.52 Å². The number of fused-ring (bicyclic) bond motifs is 2. The Balaban J connectivity index is 1.74. The van der Waals surface area contributed by atoms with Gasteiger partial charge < -0.3 is 23.7 Å². The zero-order chi connectivity index (χ0) is 18.4. The fourth-order valence-electron chi connectivity index (χ4n) is 3.20. The minimum absolute atomic E-state index is 0.0579. The number of aromatic amines is 1. The summed E-state index contributed by atoms with van der Waals surface area (Å²) < 4.78 is 29.1. The number of rotatable bonds is 4. The van der Waals surface area contributed by atoms with Crippen molar-refractivity contribution in [2.24, 2.45) is 0 Å². The molecule has 2 aromatic heterocycles. The van der Waals surface area contributed by atoms with Crippen molar-refractivity contribution in [3.63, 3.8) is 0 Å². The van der Waals surface area contributed by atoms with E-state index in [-0.39, 0.29) is 6.61 Å². The lowest BCUT2D eigenvalue weighted by molar-refractivity contribution is -0.257. The van der Waals surface area contributed by atoms with Crippen LogP contribution >= 0.6 is 11.3 Å². The van der Waals surface area contributed by atoms with Gasteiger partial charge in [0.25, 0.3) is 12.0 Å². The van der Waals surface area contributed by atoms with Gasteiger partial charge in [-0.3, -0.25) is 19.1 Å². The number of carbonyl (C=O) groups excluding carboxylic acids is 1. The molecule has 11 heteroatoms. The van der Waals surface area contributed by atoms with E-state index < -0.39 is 48.2 Å². The van der Waals surface area contributed by atoms with E-state index in [1.54, 1.807) is 11.4 Å². The number of hydrogen-bond donors (Lipinski definition) is 1. The first-order valence-electron chi connectivity index (χ1n) is 7.84. The molecule has 5 atom stereocenters. The lowest BCUT2D eigenvalue weighted by Gasteiger charge is -2.21. The van der Waals surface area contributed by atoms with Crippen molar-refractivity contribution >= 4 is 27.5 Å². The number of nitrogens with one attached hydrogen (secondary N) is 1. The molecule has 0 bridgehead atoms. The topological polar surface area (TPSA) is 118 Å². The van der Waals surface area contributed by atoms with Crippen molar-refractivity contribution in [1.82, 2.24) is 9.55 Å². The zero-order valence-corrected chi connectivity index (χ0v) is 14.7. The maximum absolute atomic E-state index is 12.5. The van der Waals surface area contributed by atoms with E-state index in [0.717, 1.165) is 0 Å². The Hall–Kier alpha value is -2.05. The standard InChI is InChI=1S/C15H16N2O8S/c1-6(18)22-5-8-9-10(25-15(21-2)24-9)13(23-8)17-7-3-4-26-11(7)12(19)16-14(17)20/h3-4,8-10,13,15H,5H2,1-2H3,(H,16,19,20)/t8-,9-,10-,13-,15?/m1/s1. The van der Waals surface area contributed by atoms with Gasteiger partial charge in [0.2, 0.25) is 0 Å². The summed E-state index contributed by atoms with van der Waals surface area (Å²) in [7, 11) is 1.42. The van der Waals surface area contributed by atoms with Crippen LogP contribution in [0.2, 0.25) is 0 Å². The maximum atomic E-state index is 12.5. The minimum atomic E-state index is -0.923. The number of thiophene rings is 1. The lowest BCUT2D eigenvalue weighted by Crippen LogP contribution is -2.37. The molecular formula is C15H16N2O8S. The molecule has 2 aromatic rings. The van der Waals surface area contributed by atoms with Crippen LogP contribution in [-0.4, -0.2) is 54.0 Å². The summed E-state index contributed by atoms with van der Waals surface area (Å²) in [5.74, 6) is -0.461. The summed E-state index contributed by atoms with van der Waals surface area (Å²) in [6.45, 7) is 0.306. The molecule has 1 unspecified atom stereocenters. The van der Waals surface area contributed by atoms with E-state index >= 15 is 0 Å². The molecule has 0 radical (unpaired) electrons. The molecule has 10 nitrogen and oxygen atoms in total. The molecule has 0 spiro atoms. The van der Waals surface area contributed by atoms with Gasteiger partial charge in [-0.25, -0.2) is 4.79 Å². The van der Waals surface area contributed by atoms with Gasteiger partial charge in [0.1, 0.15) is 29.6 Å². The Bertz CT molecular complexity index is 949.